The Labute approximate surface area is 68.5 Å². The third-order valence-electron chi connectivity index (χ3n) is 0.575. The zero-order chi connectivity index (χ0) is 5.11. The topological polar surface area (TPSA) is 12.9 Å². The minimum absolute atomic E-state index is 0. The van der Waals surface area contributed by atoms with Crippen LogP contribution in [0.1, 0.15) is 0 Å². The van der Waals surface area contributed by atoms with Gasteiger partial charge in [0.2, 0.25) is 0 Å². The molecule has 8 heavy (non-hydrogen) atoms. The molecule has 0 spiro atoms. The Kier molecular flexibility index (Phi) is 4.24. The maximum Gasteiger partial charge on any atom is 0 e. The van der Waals surface area contributed by atoms with E-state index in [1.54, 1.807) is 6.20 Å². The van der Waals surface area contributed by atoms with Gasteiger partial charge in [-0.3, -0.25) is 0 Å². The van der Waals surface area contributed by atoms with Gasteiger partial charge in [0.05, 0.1) is 0 Å². The number of halogens is 1. The summed E-state index contributed by atoms with van der Waals surface area (Å²) in [6.07, 6.45) is 4.38. The molecule has 0 aliphatic rings. The molecule has 1 rings (SSSR count). The first-order valence-electron chi connectivity index (χ1n) is 1.88. The zero-order valence-corrected chi connectivity index (χ0v) is 6.99. The van der Waals surface area contributed by atoms with Gasteiger partial charge in [-0.2, -0.15) is 12.1 Å². The van der Waals surface area contributed by atoms with Gasteiger partial charge in [0.25, 0.3) is 0 Å². The van der Waals surface area contributed by atoms with Crippen LogP contribution in [0.4, 0.5) is 0 Å². The molecule has 1 nitrogen and oxygen atoms in total. The molecule has 0 saturated heterocycles. The maximum atomic E-state index is 3.71. The summed E-state index contributed by atoms with van der Waals surface area (Å²) in [6.45, 7) is 0. The second-order valence-corrected chi connectivity index (χ2v) is 1.95. The van der Waals surface area contributed by atoms with Crippen molar-refractivity contribution in [3.05, 3.63) is 29.0 Å². The first-order chi connectivity index (χ1) is 3.39. The second-order valence-electron chi connectivity index (χ2n) is 1.10. The Balaban J connectivity index is 0.000000490. The summed E-state index contributed by atoms with van der Waals surface area (Å²) < 4.78 is 0.898. The zero-order valence-electron chi connectivity index (χ0n) is 4.00. The average molecular weight is 208 g/mol. The van der Waals surface area contributed by atoms with Crippen LogP contribution in [0.3, 0.4) is 0 Å². The summed E-state index contributed by atoms with van der Waals surface area (Å²) >= 11 is 3.19. The van der Waals surface area contributed by atoms with Crippen LogP contribution in [0.5, 0.6) is 0 Å². The third kappa shape index (κ3) is 2.50. The van der Waals surface area contributed by atoms with Gasteiger partial charge in [-0.1, -0.05) is 32.8 Å². The van der Waals surface area contributed by atoms with Gasteiger partial charge in [0.1, 0.15) is 0 Å². The summed E-state index contributed by atoms with van der Waals surface area (Å²) in [6, 6.07) is 3.73. The smallest absolute Gasteiger partial charge is 0 e. The van der Waals surface area contributed by atoms with E-state index in [2.05, 4.69) is 27.1 Å². The van der Waals surface area contributed by atoms with Crippen molar-refractivity contribution < 1.29 is 18.6 Å². The fourth-order valence-electron chi connectivity index (χ4n) is 0.307. The van der Waals surface area contributed by atoms with E-state index in [4.69, 9.17) is 0 Å². The van der Waals surface area contributed by atoms with Crippen LogP contribution in [0.2, 0.25) is 0 Å². The van der Waals surface area contributed by atoms with Crippen LogP contribution >= 0.6 is 15.9 Å². The minimum atomic E-state index is 0. The summed E-state index contributed by atoms with van der Waals surface area (Å²) in [5.74, 6) is 0. The SMILES string of the molecule is Brc1[c-]nccc1.[V]. The number of hydrogen-bond acceptors (Lipinski definition) is 1. The molecule has 0 bridgehead atoms. The number of hydrogen-bond donors (Lipinski definition) is 0. The van der Waals surface area contributed by atoms with Gasteiger partial charge in [0, 0.05) is 18.6 Å². The molecule has 1 aromatic rings. The van der Waals surface area contributed by atoms with Crippen molar-refractivity contribution in [3.63, 3.8) is 0 Å². The summed E-state index contributed by atoms with van der Waals surface area (Å²) in [4.78, 5) is 3.71. The van der Waals surface area contributed by atoms with Gasteiger partial charge < -0.3 is 4.98 Å². The fraction of sp³-hybridized carbons (Fsp3) is 0. The average Bonchev–Trinajstić information content (AvgIpc) is 1.69. The quantitative estimate of drug-likeness (QED) is 0.590. The van der Waals surface area contributed by atoms with Gasteiger partial charge in [0.15, 0.2) is 0 Å². The molecule has 0 fully saturated rings. The molecular weight excluding hydrogens is 205 g/mol. The van der Waals surface area contributed by atoms with Crippen molar-refractivity contribution >= 4 is 15.9 Å². The normalized spacial score (nSPS) is 7.62. The summed E-state index contributed by atoms with van der Waals surface area (Å²) in [5, 5.41) is 0. The van der Waals surface area contributed by atoms with E-state index in [1.165, 1.54) is 0 Å². The van der Waals surface area contributed by atoms with Crippen molar-refractivity contribution in [2.45, 2.75) is 0 Å². The molecule has 1 heterocycles. The predicted molar refractivity (Wildman–Crippen MR) is 30.8 cm³/mol. The van der Waals surface area contributed by atoms with E-state index in [0.717, 1.165) is 4.47 Å². The first kappa shape index (κ1) is 8.21. The summed E-state index contributed by atoms with van der Waals surface area (Å²) in [7, 11) is 0. The number of aromatic nitrogens is 1. The Hall–Kier alpha value is 0.214. The van der Waals surface area contributed by atoms with Crippen LogP contribution in [-0.4, -0.2) is 4.98 Å². The molecule has 3 heteroatoms. The van der Waals surface area contributed by atoms with E-state index in [-0.39, 0.29) is 18.6 Å². The molecule has 1 aromatic heterocycles. The van der Waals surface area contributed by atoms with E-state index in [9.17, 15) is 0 Å². The Morgan fingerprint density at radius 1 is 1.62 bits per heavy atom. The fourth-order valence-corrected chi connectivity index (χ4v) is 0.562. The molecular formula is C5H3BrNV-. The molecule has 0 aromatic carbocycles. The maximum absolute atomic E-state index is 3.71. The Bertz CT molecular complexity index is 142. The van der Waals surface area contributed by atoms with E-state index < -0.39 is 0 Å². The molecule has 0 amide bonds. The molecule has 0 atom stereocenters. The Morgan fingerprint density at radius 2 is 2.38 bits per heavy atom. The standard InChI is InChI=1S/C5H3BrN.V/c6-5-2-1-3-7-4-5;/h1-3H;/q-1;. The molecule has 0 saturated carbocycles. The van der Waals surface area contributed by atoms with Crippen LogP contribution in [0, 0.1) is 6.20 Å². The van der Waals surface area contributed by atoms with Gasteiger partial charge in [-0.15, -0.1) is 0 Å². The van der Waals surface area contributed by atoms with Crippen molar-refractivity contribution in [1.82, 2.24) is 4.98 Å². The van der Waals surface area contributed by atoms with Gasteiger partial charge >= 0.3 is 0 Å². The molecule has 0 unspecified atom stereocenters. The van der Waals surface area contributed by atoms with Gasteiger partial charge in [-0.05, 0) is 0 Å². The van der Waals surface area contributed by atoms with E-state index in [1.807, 2.05) is 12.1 Å². The minimum Gasteiger partial charge on any atom is -0.393 e. The van der Waals surface area contributed by atoms with Crippen LogP contribution in [0.25, 0.3) is 0 Å². The van der Waals surface area contributed by atoms with Crippen molar-refractivity contribution in [2.24, 2.45) is 0 Å². The molecule has 0 aliphatic carbocycles. The first-order valence-corrected chi connectivity index (χ1v) is 2.67. The third-order valence-corrected chi connectivity index (χ3v) is 1.02. The number of rotatable bonds is 0. The second kappa shape index (κ2) is 4.13. The largest absolute Gasteiger partial charge is 0.393 e. The number of pyridine rings is 1. The molecule has 0 N–H and O–H groups in total. The molecule has 0 aliphatic heterocycles. The number of nitrogens with zero attached hydrogens (tertiary/aromatic N) is 1. The predicted octanol–water partition coefficient (Wildman–Crippen LogP) is 1.64. The van der Waals surface area contributed by atoms with Crippen molar-refractivity contribution in [2.75, 3.05) is 0 Å². The monoisotopic (exact) mass is 207 g/mol. The van der Waals surface area contributed by atoms with Crippen LogP contribution in [0.15, 0.2) is 22.8 Å². The van der Waals surface area contributed by atoms with E-state index in [0.29, 0.717) is 0 Å². The summed E-state index contributed by atoms with van der Waals surface area (Å²) in [5.41, 5.74) is 0. The molecule has 1 radical (unpaired) electrons. The van der Waals surface area contributed by atoms with Crippen molar-refractivity contribution in [3.8, 4) is 0 Å². The van der Waals surface area contributed by atoms with Crippen LogP contribution < -0.4 is 0 Å². The Morgan fingerprint density at radius 3 is 2.62 bits per heavy atom. The van der Waals surface area contributed by atoms with Crippen LogP contribution in [-0.2, 0) is 18.6 Å². The van der Waals surface area contributed by atoms with Crippen molar-refractivity contribution in [1.29, 1.82) is 0 Å². The van der Waals surface area contributed by atoms with Gasteiger partial charge in [-0.25, -0.2) is 0 Å². The molecule has 41 valence electrons. The van der Waals surface area contributed by atoms with E-state index >= 15 is 0 Å².